The lowest BCUT2D eigenvalue weighted by Gasteiger charge is -2.11. The van der Waals surface area contributed by atoms with Crippen LogP contribution in [0.5, 0.6) is 0 Å². The van der Waals surface area contributed by atoms with Crippen molar-refractivity contribution in [3.63, 3.8) is 0 Å². The molecule has 1 aromatic rings. The first-order valence-corrected chi connectivity index (χ1v) is 5.07. The number of halogens is 2. The van der Waals surface area contributed by atoms with Crippen LogP contribution in [0.3, 0.4) is 0 Å². The van der Waals surface area contributed by atoms with Crippen LogP contribution < -0.4 is 5.73 Å². The zero-order chi connectivity index (χ0) is 11.1. The molecular weight excluding hydrogens is 233 g/mol. The summed E-state index contributed by atoms with van der Waals surface area (Å²) in [6, 6.07) is 5.13. The lowest BCUT2D eigenvalue weighted by atomic mass is 9.92. The van der Waals surface area contributed by atoms with E-state index in [2.05, 4.69) is 11.8 Å². The van der Waals surface area contributed by atoms with Gasteiger partial charge < -0.3 is 5.73 Å². The third-order valence-corrected chi connectivity index (χ3v) is 2.91. The van der Waals surface area contributed by atoms with Crippen molar-refractivity contribution in [2.75, 3.05) is 0 Å². The molecule has 1 aromatic carbocycles. The second-order valence-electron chi connectivity index (χ2n) is 3.43. The average molecular weight is 240 g/mol. The van der Waals surface area contributed by atoms with Crippen molar-refractivity contribution in [3.05, 3.63) is 33.8 Å². The SMILES string of the molecule is NC(=O)C1(Cc2ccc(Cl)cc2Cl)C#C1. The Labute approximate surface area is 97.4 Å². The Morgan fingerprint density at radius 2 is 2.07 bits per heavy atom. The standard InChI is InChI=1S/C11H7Cl2NO/c12-8-2-1-7(9(13)5-8)6-11(3-4-11)10(14)15/h1-2,5H,6H2,(H2,14,15). The molecule has 0 aliphatic heterocycles. The van der Waals surface area contributed by atoms with Crippen LogP contribution in [0, 0.1) is 17.3 Å². The molecule has 0 atom stereocenters. The molecule has 0 aromatic heterocycles. The van der Waals surface area contributed by atoms with Crippen LogP contribution in [-0.4, -0.2) is 5.91 Å². The molecule has 0 unspecified atom stereocenters. The average Bonchev–Trinajstić information content (AvgIpc) is 2.91. The molecule has 1 aliphatic rings. The van der Waals surface area contributed by atoms with E-state index in [1.165, 1.54) is 0 Å². The minimum atomic E-state index is -0.850. The third-order valence-electron chi connectivity index (χ3n) is 2.32. The van der Waals surface area contributed by atoms with E-state index < -0.39 is 11.3 Å². The van der Waals surface area contributed by atoms with E-state index in [9.17, 15) is 4.79 Å². The normalized spacial score (nSPS) is 15.3. The highest BCUT2D eigenvalue weighted by atomic mass is 35.5. The molecule has 4 heteroatoms. The maximum absolute atomic E-state index is 11.1. The molecule has 0 spiro atoms. The van der Waals surface area contributed by atoms with Crippen molar-refractivity contribution in [1.82, 2.24) is 0 Å². The van der Waals surface area contributed by atoms with Crippen molar-refractivity contribution in [1.29, 1.82) is 0 Å². The minimum Gasteiger partial charge on any atom is -0.367 e. The number of amides is 1. The number of primary amides is 1. The number of rotatable bonds is 3. The summed E-state index contributed by atoms with van der Waals surface area (Å²) < 4.78 is 0. The first-order valence-electron chi connectivity index (χ1n) is 4.32. The molecule has 0 radical (unpaired) electrons. The van der Waals surface area contributed by atoms with E-state index in [-0.39, 0.29) is 0 Å². The monoisotopic (exact) mass is 239 g/mol. The Morgan fingerprint density at radius 3 is 2.53 bits per heavy atom. The Morgan fingerprint density at radius 1 is 1.40 bits per heavy atom. The predicted molar refractivity (Wildman–Crippen MR) is 59.6 cm³/mol. The van der Waals surface area contributed by atoms with Gasteiger partial charge in [-0.1, -0.05) is 41.1 Å². The molecule has 0 fully saturated rings. The molecule has 0 saturated heterocycles. The fraction of sp³-hybridized carbons (Fsp3) is 0.182. The van der Waals surface area contributed by atoms with Crippen molar-refractivity contribution in [3.8, 4) is 11.8 Å². The Hall–Kier alpha value is -1.17. The van der Waals surface area contributed by atoms with Gasteiger partial charge in [-0.2, -0.15) is 0 Å². The van der Waals surface area contributed by atoms with E-state index in [0.29, 0.717) is 16.5 Å². The van der Waals surface area contributed by atoms with E-state index in [0.717, 1.165) is 5.56 Å². The second kappa shape index (κ2) is 3.44. The fourth-order valence-corrected chi connectivity index (χ4v) is 1.80. The molecule has 15 heavy (non-hydrogen) atoms. The molecule has 2 rings (SSSR count). The maximum Gasteiger partial charge on any atom is 0.248 e. The van der Waals surface area contributed by atoms with Crippen molar-refractivity contribution in [2.24, 2.45) is 11.1 Å². The third kappa shape index (κ3) is 1.94. The second-order valence-corrected chi connectivity index (χ2v) is 4.28. The molecule has 1 aliphatic carbocycles. The van der Waals surface area contributed by atoms with Gasteiger partial charge in [0.25, 0.3) is 0 Å². The van der Waals surface area contributed by atoms with Crippen LogP contribution in [0.4, 0.5) is 0 Å². The van der Waals surface area contributed by atoms with Gasteiger partial charge in [0.2, 0.25) is 5.91 Å². The molecule has 76 valence electrons. The van der Waals surface area contributed by atoms with Crippen LogP contribution in [0.25, 0.3) is 0 Å². The van der Waals surface area contributed by atoms with E-state index in [1.807, 2.05) is 0 Å². The van der Waals surface area contributed by atoms with Gasteiger partial charge in [-0.05, 0) is 17.7 Å². The topological polar surface area (TPSA) is 43.1 Å². The highest BCUT2D eigenvalue weighted by Gasteiger charge is 2.41. The molecule has 0 heterocycles. The van der Waals surface area contributed by atoms with Crippen LogP contribution in [0.15, 0.2) is 18.2 Å². The fourth-order valence-electron chi connectivity index (χ4n) is 1.32. The lowest BCUT2D eigenvalue weighted by Crippen LogP contribution is -2.29. The Kier molecular flexibility index (Phi) is 2.38. The molecular formula is C11H7Cl2NO. The van der Waals surface area contributed by atoms with Crippen LogP contribution in [0.2, 0.25) is 10.0 Å². The summed E-state index contributed by atoms with van der Waals surface area (Å²) in [5.74, 6) is 4.99. The quantitative estimate of drug-likeness (QED) is 0.807. The van der Waals surface area contributed by atoms with Crippen LogP contribution >= 0.6 is 23.2 Å². The summed E-state index contributed by atoms with van der Waals surface area (Å²) in [4.78, 5) is 11.1. The van der Waals surface area contributed by atoms with Gasteiger partial charge in [0.1, 0.15) is 0 Å². The van der Waals surface area contributed by atoms with Gasteiger partial charge >= 0.3 is 0 Å². The van der Waals surface area contributed by atoms with Gasteiger partial charge in [0.05, 0.1) is 0 Å². The predicted octanol–water partition coefficient (Wildman–Crippen LogP) is 2.02. The largest absolute Gasteiger partial charge is 0.367 e. The van der Waals surface area contributed by atoms with Crippen LogP contribution in [-0.2, 0) is 11.2 Å². The summed E-state index contributed by atoms with van der Waals surface area (Å²) in [5.41, 5.74) is 5.19. The molecule has 1 amide bonds. The first-order chi connectivity index (χ1) is 7.03. The van der Waals surface area contributed by atoms with Crippen LogP contribution in [0.1, 0.15) is 5.56 Å². The van der Waals surface area contributed by atoms with Crippen molar-refractivity contribution in [2.45, 2.75) is 6.42 Å². The number of benzene rings is 1. The molecule has 0 saturated carbocycles. The van der Waals surface area contributed by atoms with Crippen molar-refractivity contribution < 1.29 is 4.79 Å². The molecule has 2 nitrogen and oxygen atoms in total. The molecule has 0 bridgehead atoms. The first kappa shape index (κ1) is 10.4. The number of nitrogens with two attached hydrogens (primary N) is 1. The van der Waals surface area contributed by atoms with Crippen molar-refractivity contribution >= 4 is 29.1 Å². The van der Waals surface area contributed by atoms with Gasteiger partial charge in [0.15, 0.2) is 5.41 Å². The zero-order valence-corrected chi connectivity index (χ0v) is 9.19. The zero-order valence-electron chi connectivity index (χ0n) is 7.68. The van der Waals surface area contributed by atoms with Gasteiger partial charge in [-0.25, -0.2) is 0 Å². The highest BCUT2D eigenvalue weighted by molar-refractivity contribution is 6.35. The summed E-state index contributed by atoms with van der Waals surface area (Å²) >= 11 is 11.7. The Bertz CT molecular complexity index is 491. The van der Waals surface area contributed by atoms with E-state index in [1.54, 1.807) is 18.2 Å². The summed E-state index contributed by atoms with van der Waals surface area (Å²) in [5, 5.41) is 1.09. The minimum absolute atomic E-state index is 0.401. The summed E-state index contributed by atoms with van der Waals surface area (Å²) in [7, 11) is 0. The van der Waals surface area contributed by atoms with Gasteiger partial charge in [0, 0.05) is 16.5 Å². The summed E-state index contributed by atoms with van der Waals surface area (Å²) in [6.07, 6.45) is 0.401. The maximum atomic E-state index is 11.1. The lowest BCUT2D eigenvalue weighted by molar-refractivity contribution is -0.121. The summed E-state index contributed by atoms with van der Waals surface area (Å²) in [6.45, 7) is 0. The number of carbonyl (C=O) groups is 1. The number of carbonyl (C=O) groups excluding carboxylic acids is 1. The number of hydrogen-bond donors (Lipinski definition) is 1. The van der Waals surface area contributed by atoms with E-state index in [4.69, 9.17) is 28.9 Å². The molecule has 2 N–H and O–H groups in total. The van der Waals surface area contributed by atoms with Gasteiger partial charge in [-0.15, -0.1) is 0 Å². The van der Waals surface area contributed by atoms with E-state index >= 15 is 0 Å². The smallest absolute Gasteiger partial charge is 0.248 e. The number of hydrogen-bond acceptors (Lipinski definition) is 1. The van der Waals surface area contributed by atoms with Gasteiger partial charge in [-0.3, -0.25) is 4.79 Å². The Balaban J connectivity index is 2.22. The highest BCUT2D eigenvalue weighted by Crippen LogP contribution is 2.33.